The molecule has 2 aliphatic rings. The zero-order valence-corrected chi connectivity index (χ0v) is 25.1. The zero-order valence-electron chi connectivity index (χ0n) is 25.1. The highest BCUT2D eigenvalue weighted by Crippen LogP contribution is 2.28. The quantitative estimate of drug-likeness (QED) is 0.0771. The van der Waals surface area contributed by atoms with Crippen LogP contribution in [0.2, 0.25) is 0 Å². The van der Waals surface area contributed by atoms with Gasteiger partial charge in [-0.3, -0.25) is 0 Å². The number of ether oxygens (including phenoxy) is 4. The maximum atomic E-state index is 15.1. The molecule has 48 heavy (non-hydrogen) atoms. The van der Waals surface area contributed by atoms with Crippen molar-refractivity contribution in [2.45, 2.75) is 101 Å². The topological polar surface area (TPSA) is 240 Å². The molecular weight excluding hydrogens is 660 g/mol. The van der Waals surface area contributed by atoms with Crippen molar-refractivity contribution in [1.29, 1.82) is 0 Å². The molecule has 0 spiro atoms. The van der Waals surface area contributed by atoms with Gasteiger partial charge in [-0.1, -0.05) is 17.4 Å². The van der Waals surface area contributed by atoms with Crippen LogP contribution in [-0.4, -0.2) is 134 Å². The van der Waals surface area contributed by atoms with Crippen molar-refractivity contribution in [3.8, 4) is 0 Å². The third-order valence-corrected chi connectivity index (χ3v) is 8.01. The first-order chi connectivity index (χ1) is 22.8. The van der Waals surface area contributed by atoms with E-state index in [4.69, 9.17) is 18.9 Å². The van der Waals surface area contributed by atoms with Crippen LogP contribution in [0.25, 0.3) is 0 Å². The van der Waals surface area contributed by atoms with Crippen LogP contribution in [0.3, 0.4) is 0 Å². The predicted octanol–water partition coefficient (Wildman–Crippen LogP) is -2.43. The standard InChI is InChI=1S/C27H34F4N6O11/c1-2-14-20(39)24(22(41)26(43)47-14)45-8-10-3-36(34-32-10)5-12-16(28)18(30)13(19(31)17(12)29)6-37-4-11(33-35-37)9-46-25-21(40)15(7-38)48-27(44)23(25)42/h3-4,14-15,20-27,38-44H,2,5-9H2,1H3. The fraction of sp³-hybridized carbons (Fsp3) is 0.630. The average Bonchev–Trinajstić information content (AvgIpc) is 3.73. The van der Waals surface area contributed by atoms with Gasteiger partial charge >= 0.3 is 0 Å². The lowest BCUT2D eigenvalue weighted by Crippen LogP contribution is -2.59. The summed E-state index contributed by atoms with van der Waals surface area (Å²) in [4.78, 5) is 0. The third-order valence-electron chi connectivity index (χ3n) is 8.01. The average molecular weight is 695 g/mol. The second-order valence-corrected chi connectivity index (χ2v) is 11.3. The summed E-state index contributed by atoms with van der Waals surface area (Å²) in [6, 6.07) is 0. The van der Waals surface area contributed by atoms with Crippen LogP contribution in [0.4, 0.5) is 17.6 Å². The summed E-state index contributed by atoms with van der Waals surface area (Å²) in [5, 5.41) is 84.5. The summed E-state index contributed by atoms with van der Waals surface area (Å²) in [5.74, 6) is -6.81. The maximum Gasteiger partial charge on any atom is 0.184 e. The van der Waals surface area contributed by atoms with Gasteiger partial charge < -0.3 is 54.7 Å². The maximum absolute atomic E-state index is 15.1. The Kier molecular flexibility index (Phi) is 11.4. The van der Waals surface area contributed by atoms with E-state index in [9.17, 15) is 35.7 Å². The molecule has 0 amide bonds. The predicted molar refractivity (Wildman–Crippen MR) is 145 cm³/mol. The van der Waals surface area contributed by atoms with Crippen LogP contribution in [0.5, 0.6) is 0 Å². The van der Waals surface area contributed by atoms with E-state index in [1.54, 1.807) is 6.92 Å². The molecule has 10 atom stereocenters. The molecule has 1 aromatic carbocycles. The molecule has 4 heterocycles. The van der Waals surface area contributed by atoms with Crippen LogP contribution in [0.1, 0.15) is 35.9 Å². The molecule has 2 fully saturated rings. The number of aromatic nitrogens is 6. The molecule has 17 nitrogen and oxygen atoms in total. The first-order valence-electron chi connectivity index (χ1n) is 14.7. The SMILES string of the molecule is CCC1OC(O)C(O)C(OCc2cn(Cc3c(F)c(F)c(Cn4cc(COC5C(O)C(O)OC(CO)C5O)nn4)c(F)c3F)nn2)C1O. The van der Waals surface area contributed by atoms with Crippen molar-refractivity contribution in [2.75, 3.05) is 6.61 Å². The van der Waals surface area contributed by atoms with Crippen molar-refractivity contribution < 1.29 is 72.3 Å². The molecule has 5 rings (SSSR count). The summed E-state index contributed by atoms with van der Waals surface area (Å²) < 4.78 is 82.8. The normalized spacial score (nSPS) is 31.0. The Morgan fingerprint density at radius 3 is 1.46 bits per heavy atom. The van der Waals surface area contributed by atoms with Crippen LogP contribution in [-0.2, 0) is 45.3 Å². The minimum Gasteiger partial charge on any atom is -0.394 e. The molecule has 10 unspecified atom stereocenters. The van der Waals surface area contributed by atoms with Gasteiger partial charge in [-0.05, 0) is 6.42 Å². The highest BCUT2D eigenvalue weighted by Gasteiger charge is 2.45. The molecule has 21 heteroatoms. The molecule has 2 saturated heterocycles. The minimum atomic E-state index is -1.76. The van der Waals surface area contributed by atoms with E-state index < -0.39 is 122 Å². The Labute approximate surface area is 268 Å². The number of nitrogens with zero attached hydrogens (tertiary/aromatic N) is 6. The summed E-state index contributed by atoms with van der Waals surface area (Å²) in [7, 11) is 0. The van der Waals surface area contributed by atoms with E-state index in [1.807, 2.05) is 0 Å². The number of rotatable bonds is 12. The number of hydrogen-bond donors (Lipinski definition) is 7. The molecule has 2 aliphatic heterocycles. The number of halogens is 4. The van der Waals surface area contributed by atoms with E-state index in [-0.39, 0.29) is 18.0 Å². The van der Waals surface area contributed by atoms with Crippen molar-refractivity contribution in [3.63, 3.8) is 0 Å². The summed E-state index contributed by atoms with van der Waals surface area (Å²) in [5.41, 5.74) is -1.93. The lowest BCUT2D eigenvalue weighted by atomic mass is 9.97. The third kappa shape index (κ3) is 7.35. The van der Waals surface area contributed by atoms with E-state index in [0.717, 1.165) is 21.8 Å². The second kappa shape index (κ2) is 15.1. The summed E-state index contributed by atoms with van der Waals surface area (Å²) >= 11 is 0. The molecule has 0 saturated carbocycles. The molecule has 0 bridgehead atoms. The number of aliphatic hydroxyl groups excluding tert-OH is 7. The first-order valence-corrected chi connectivity index (χ1v) is 14.7. The van der Waals surface area contributed by atoms with E-state index in [0.29, 0.717) is 6.42 Å². The van der Waals surface area contributed by atoms with Gasteiger partial charge in [-0.15, -0.1) is 10.2 Å². The van der Waals surface area contributed by atoms with Crippen LogP contribution < -0.4 is 0 Å². The van der Waals surface area contributed by atoms with Gasteiger partial charge in [-0.2, -0.15) is 0 Å². The molecule has 0 aliphatic carbocycles. The van der Waals surface area contributed by atoms with Crippen LogP contribution in [0.15, 0.2) is 12.4 Å². The van der Waals surface area contributed by atoms with Gasteiger partial charge in [0.1, 0.15) is 54.1 Å². The lowest BCUT2D eigenvalue weighted by molar-refractivity contribution is -0.296. The Hall–Kier alpha value is -3.22. The Morgan fingerprint density at radius 2 is 1.06 bits per heavy atom. The highest BCUT2D eigenvalue weighted by molar-refractivity contribution is 5.30. The fourth-order valence-corrected chi connectivity index (χ4v) is 5.37. The Morgan fingerprint density at radius 1 is 0.667 bits per heavy atom. The van der Waals surface area contributed by atoms with Gasteiger partial charge in [0.05, 0.1) is 62.5 Å². The molecular formula is C27H34F4N6O11. The van der Waals surface area contributed by atoms with Crippen molar-refractivity contribution in [1.82, 2.24) is 30.0 Å². The molecule has 0 radical (unpaired) electrons. The number of aliphatic hydroxyl groups is 7. The second-order valence-electron chi connectivity index (χ2n) is 11.3. The van der Waals surface area contributed by atoms with Crippen molar-refractivity contribution in [2.24, 2.45) is 0 Å². The van der Waals surface area contributed by atoms with Gasteiger partial charge in [0.25, 0.3) is 0 Å². The van der Waals surface area contributed by atoms with Crippen LogP contribution in [0, 0.1) is 23.3 Å². The summed E-state index contributed by atoms with van der Waals surface area (Å²) in [6.07, 6.45) is -11.6. The van der Waals surface area contributed by atoms with Gasteiger partial charge in [0.15, 0.2) is 35.8 Å². The van der Waals surface area contributed by atoms with Gasteiger partial charge in [0.2, 0.25) is 0 Å². The van der Waals surface area contributed by atoms with Crippen molar-refractivity contribution >= 4 is 0 Å². The first kappa shape index (κ1) is 36.1. The fourth-order valence-electron chi connectivity index (χ4n) is 5.37. The largest absolute Gasteiger partial charge is 0.394 e. The highest BCUT2D eigenvalue weighted by atomic mass is 19.2. The Balaban J connectivity index is 1.22. The van der Waals surface area contributed by atoms with E-state index >= 15 is 17.6 Å². The lowest BCUT2D eigenvalue weighted by Gasteiger charge is -2.40. The number of benzene rings is 1. The molecule has 7 N–H and O–H groups in total. The van der Waals surface area contributed by atoms with Crippen molar-refractivity contribution in [3.05, 3.63) is 58.2 Å². The van der Waals surface area contributed by atoms with E-state index in [1.165, 1.54) is 0 Å². The van der Waals surface area contributed by atoms with E-state index in [2.05, 4.69) is 20.6 Å². The van der Waals surface area contributed by atoms with Gasteiger partial charge in [-0.25, -0.2) is 26.9 Å². The van der Waals surface area contributed by atoms with Crippen LogP contribution >= 0.6 is 0 Å². The number of hydrogen-bond acceptors (Lipinski definition) is 15. The monoisotopic (exact) mass is 694 g/mol. The molecule has 266 valence electrons. The van der Waals surface area contributed by atoms with Gasteiger partial charge in [0, 0.05) is 0 Å². The Bertz CT molecular complexity index is 1410. The minimum absolute atomic E-state index is 0.0162. The molecule has 2 aromatic heterocycles. The summed E-state index contributed by atoms with van der Waals surface area (Å²) in [6.45, 7) is -1.36. The smallest absolute Gasteiger partial charge is 0.184 e. The molecule has 3 aromatic rings. The zero-order chi connectivity index (χ0) is 34.9.